The van der Waals surface area contributed by atoms with Crippen LogP contribution in [0, 0.1) is 0 Å². The molecule has 1 aromatic carbocycles. The molecule has 0 amide bonds. The molecule has 3 N–H and O–H groups in total. The normalized spacial score (nSPS) is 18.5. The van der Waals surface area contributed by atoms with E-state index < -0.39 is 36.7 Å². The summed E-state index contributed by atoms with van der Waals surface area (Å²) in [4.78, 5) is -0.802. The Balaban J connectivity index is 2.29. The van der Waals surface area contributed by atoms with E-state index in [9.17, 15) is 30.0 Å². The van der Waals surface area contributed by atoms with Crippen LogP contribution in [0.2, 0.25) is 0 Å². The van der Waals surface area contributed by atoms with E-state index in [1.807, 2.05) is 0 Å². The Kier molecular flexibility index (Phi) is 3.60. The van der Waals surface area contributed by atoms with Crippen molar-refractivity contribution >= 4 is 20.0 Å². The smallest absolute Gasteiger partial charge is 0.225 e. The Morgan fingerprint density at radius 1 is 1.00 bits per heavy atom. The number of benzene rings is 1. The lowest BCUT2D eigenvalue weighted by Gasteiger charge is -2.20. The van der Waals surface area contributed by atoms with Gasteiger partial charge < -0.3 is 0 Å². The van der Waals surface area contributed by atoms with Crippen molar-refractivity contribution in [3.63, 3.8) is 0 Å². The number of hydrogen-bond donors (Lipinski definition) is 2. The molecule has 0 bridgehead atoms. The predicted octanol–water partition coefficient (Wildman–Crippen LogP) is 0.707. The molecule has 0 aliphatic heterocycles. The highest BCUT2D eigenvalue weighted by molar-refractivity contribution is 7.89. The SMILES string of the molecule is NS(=O)(=O)c1ccc(S(=O)(=O)NC2(C(F)(F)F)CC2)cc1. The van der Waals surface area contributed by atoms with Crippen LogP contribution in [0.5, 0.6) is 0 Å². The average molecular weight is 344 g/mol. The van der Waals surface area contributed by atoms with Crippen molar-refractivity contribution in [2.24, 2.45) is 5.14 Å². The number of hydrogen-bond acceptors (Lipinski definition) is 4. The fourth-order valence-corrected chi connectivity index (χ4v) is 3.65. The van der Waals surface area contributed by atoms with E-state index in [-0.39, 0.29) is 17.7 Å². The van der Waals surface area contributed by atoms with Gasteiger partial charge in [0.25, 0.3) is 0 Å². The van der Waals surface area contributed by atoms with Crippen molar-refractivity contribution in [3.8, 4) is 0 Å². The minimum absolute atomic E-state index is 0.328. The van der Waals surface area contributed by atoms with Crippen LogP contribution in [0.4, 0.5) is 13.2 Å². The highest BCUT2D eigenvalue weighted by Crippen LogP contribution is 2.49. The summed E-state index contributed by atoms with van der Waals surface area (Å²) in [5, 5.41) is 4.84. The maximum atomic E-state index is 12.7. The van der Waals surface area contributed by atoms with Crippen LogP contribution in [0.15, 0.2) is 34.1 Å². The molecular formula is C10H11F3N2O4S2. The lowest BCUT2D eigenvalue weighted by molar-refractivity contribution is -0.160. The standard InChI is InChI=1S/C10H11F3N2O4S2/c11-10(12,13)9(5-6-9)15-21(18,19)8-3-1-7(2-4-8)20(14,16)17/h1-4,15H,5-6H2,(H2,14,16,17). The van der Waals surface area contributed by atoms with Crippen molar-refractivity contribution in [2.75, 3.05) is 0 Å². The first kappa shape index (κ1) is 16.2. The van der Waals surface area contributed by atoms with Crippen LogP contribution < -0.4 is 9.86 Å². The molecule has 118 valence electrons. The maximum Gasteiger partial charge on any atom is 0.407 e. The summed E-state index contributed by atoms with van der Waals surface area (Å²) in [7, 11) is -8.41. The minimum atomic E-state index is -4.68. The van der Waals surface area contributed by atoms with Crippen LogP contribution in [0.1, 0.15) is 12.8 Å². The van der Waals surface area contributed by atoms with E-state index in [0.29, 0.717) is 0 Å². The van der Waals surface area contributed by atoms with Crippen molar-refractivity contribution in [1.29, 1.82) is 0 Å². The molecule has 1 aliphatic rings. The molecule has 1 fully saturated rings. The van der Waals surface area contributed by atoms with Gasteiger partial charge in [-0.3, -0.25) is 0 Å². The summed E-state index contributed by atoms with van der Waals surface area (Å²) in [6.07, 6.45) is -5.34. The Bertz CT molecular complexity index is 750. The summed E-state index contributed by atoms with van der Waals surface area (Å²) >= 11 is 0. The average Bonchev–Trinajstić information content (AvgIpc) is 3.08. The van der Waals surface area contributed by atoms with Gasteiger partial charge in [0, 0.05) is 0 Å². The Morgan fingerprint density at radius 3 is 1.76 bits per heavy atom. The van der Waals surface area contributed by atoms with Crippen molar-refractivity contribution in [3.05, 3.63) is 24.3 Å². The fourth-order valence-electron chi connectivity index (χ4n) is 1.69. The van der Waals surface area contributed by atoms with Gasteiger partial charge in [-0.25, -0.2) is 22.0 Å². The third-order valence-corrected chi connectivity index (χ3v) is 5.57. The third kappa shape index (κ3) is 3.20. The Morgan fingerprint density at radius 2 is 1.43 bits per heavy atom. The van der Waals surface area contributed by atoms with E-state index in [1.54, 1.807) is 4.72 Å². The largest absolute Gasteiger partial charge is 0.407 e. The summed E-state index contributed by atoms with van der Waals surface area (Å²) in [5.74, 6) is 0. The lowest BCUT2D eigenvalue weighted by Crippen LogP contribution is -2.47. The molecule has 0 radical (unpaired) electrons. The van der Waals surface area contributed by atoms with Gasteiger partial charge in [0.1, 0.15) is 5.54 Å². The Hall–Kier alpha value is -1.17. The van der Waals surface area contributed by atoms with E-state index >= 15 is 0 Å². The van der Waals surface area contributed by atoms with E-state index in [0.717, 1.165) is 24.3 Å². The minimum Gasteiger partial charge on any atom is -0.225 e. The molecule has 1 aliphatic carbocycles. The summed E-state index contributed by atoms with van der Waals surface area (Å²) in [5.41, 5.74) is -2.43. The van der Waals surface area contributed by atoms with Gasteiger partial charge in [0.05, 0.1) is 9.79 Å². The number of rotatable bonds is 4. The number of alkyl halides is 3. The summed E-state index contributed by atoms with van der Waals surface area (Å²) in [6.45, 7) is 0. The zero-order chi connectivity index (χ0) is 16.1. The van der Waals surface area contributed by atoms with E-state index in [2.05, 4.69) is 0 Å². The van der Waals surface area contributed by atoms with Crippen LogP contribution in [-0.4, -0.2) is 28.6 Å². The van der Waals surface area contributed by atoms with Crippen LogP contribution in [0.3, 0.4) is 0 Å². The predicted molar refractivity (Wildman–Crippen MR) is 66.2 cm³/mol. The van der Waals surface area contributed by atoms with Crippen molar-refractivity contribution < 1.29 is 30.0 Å². The number of halogens is 3. The van der Waals surface area contributed by atoms with Crippen LogP contribution in [0.25, 0.3) is 0 Å². The van der Waals surface area contributed by atoms with E-state index in [4.69, 9.17) is 5.14 Å². The molecular weight excluding hydrogens is 333 g/mol. The molecule has 0 saturated heterocycles. The Labute approximate surface area is 119 Å². The maximum absolute atomic E-state index is 12.7. The first-order valence-corrected chi connectivity index (χ1v) is 8.64. The highest BCUT2D eigenvalue weighted by atomic mass is 32.2. The van der Waals surface area contributed by atoms with Gasteiger partial charge in [-0.15, -0.1) is 0 Å². The fraction of sp³-hybridized carbons (Fsp3) is 0.400. The number of sulfonamides is 2. The van der Waals surface area contributed by atoms with Crippen molar-refractivity contribution in [2.45, 2.75) is 34.3 Å². The van der Waals surface area contributed by atoms with Crippen LogP contribution >= 0.6 is 0 Å². The first-order chi connectivity index (χ1) is 9.37. The summed E-state index contributed by atoms with van der Waals surface area (Å²) < 4.78 is 85.7. The molecule has 6 nitrogen and oxygen atoms in total. The highest BCUT2D eigenvalue weighted by Gasteiger charge is 2.65. The zero-order valence-electron chi connectivity index (χ0n) is 10.4. The second kappa shape index (κ2) is 4.66. The molecule has 0 heterocycles. The topological polar surface area (TPSA) is 106 Å². The second-order valence-corrected chi connectivity index (χ2v) is 7.95. The third-order valence-electron chi connectivity index (χ3n) is 3.08. The van der Waals surface area contributed by atoms with Gasteiger partial charge in [0.15, 0.2) is 0 Å². The molecule has 0 aromatic heterocycles. The molecule has 11 heteroatoms. The number of nitrogens with two attached hydrogens (primary N) is 1. The molecule has 1 aromatic rings. The molecule has 21 heavy (non-hydrogen) atoms. The quantitative estimate of drug-likeness (QED) is 0.839. The van der Waals surface area contributed by atoms with Gasteiger partial charge in [0.2, 0.25) is 20.0 Å². The van der Waals surface area contributed by atoms with Crippen LogP contribution in [-0.2, 0) is 20.0 Å². The number of primary sulfonamides is 1. The molecule has 0 atom stereocenters. The number of nitrogens with one attached hydrogen (secondary N) is 1. The zero-order valence-corrected chi connectivity index (χ0v) is 12.0. The molecule has 0 unspecified atom stereocenters. The van der Waals surface area contributed by atoms with Crippen molar-refractivity contribution in [1.82, 2.24) is 4.72 Å². The van der Waals surface area contributed by atoms with E-state index in [1.165, 1.54) is 0 Å². The van der Waals surface area contributed by atoms with Gasteiger partial charge in [-0.2, -0.15) is 17.9 Å². The monoisotopic (exact) mass is 344 g/mol. The lowest BCUT2D eigenvalue weighted by atomic mass is 10.3. The molecule has 1 saturated carbocycles. The molecule has 0 spiro atoms. The van der Waals surface area contributed by atoms with Gasteiger partial charge in [-0.1, -0.05) is 0 Å². The van der Waals surface area contributed by atoms with Gasteiger partial charge >= 0.3 is 6.18 Å². The molecule has 2 rings (SSSR count). The second-order valence-electron chi connectivity index (χ2n) is 4.70. The van der Waals surface area contributed by atoms with Gasteiger partial charge in [-0.05, 0) is 37.1 Å². The summed E-state index contributed by atoms with van der Waals surface area (Å²) in [6, 6.07) is 3.59. The first-order valence-electron chi connectivity index (χ1n) is 5.61.